The predicted molar refractivity (Wildman–Crippen MR) is 85.7 cm³/mol. The van der Waals surface area contributed by atoms with E-state index in [1.54, 1.807) is 18.6 Å². The van der Waals surface area contributed by atoms with Crippen molar-refractivity contribution >= 4 is 5.91 Å². The molecule has 1 saturated heterocycles. The Morgan fingerprint density at radius 3 is 2.92 bits per heavy atom. The van der Waals surface area contributed by atoms with Crippen molar-refractivity contribution in [2.45, 2.75) is 38.5 Å². The molecule has 1 amide bonds. The van der Waals surface area contributed by atoms with Gasteiger partial charge in [0, 0.05) is 37.8 Å². The molecule has 3 heterocycles. The highest BCUT2D eigenvalue weighted by Crippen LogP contribution is 2.30. The molecule has 0 radical (unpaired) electrons. The van der Waals surface area contributed by atoms with Gasteiger partial charge in [0.25, 0.3) is 0 Å². The number of nitrogens with zero attached hydrogens (tertiary/aromatic N) is 5. The van der Waals surface area contributed by atoms with E-state index in [4.69, 9.17) is 4.52 Å². The molecule has 2 aromatic heterocycles. The zero-order chi connectivity index (χ0) is 16.4. The lowest BCUT2D eigenvalue weighted by Gasteiger charge is -2.37. The van der Waals surface area contributed by atoms with Gasteiger partial charge in [0.1, 0.15) is 5.69 Å². The molecule has 2 aromatic rings. The van der Waals surface area contributed by atoms with Crippen LogP contribution in [0.15, 0.2) is 23.1 Å². The van der Waals surface area contributed by atoms with Gasteiger partial charge in [-0.1, -0.05) is 11.6 Å². The summed E-state index contributed by atoms with van der Waals surface area (Å²) in [4.78, 5) is 27.1. The number of amides is 1. The fourth-order valence-electron chi connectivity index (χ4n) is 3.45. The molecule has 0 aromatic carbocycles. The molecule has 0 spiro atoms. The van der Waals surface area contributed by atoms with Crippen molar-refractivity contribution in [2.24, 2.45) is 11.8 Å². The Morgan fingerprint density at radius 1 is 1.25 bits per heavy atom. The first kappa shape index (κ1) is 15.2. The van der Waals surface area contributed by atoms with Gasteiger partial charge in [-0.2, -0.15) is 4.98 Å². The second-order valence-corrected chi connectivity index (χ2v) is 6.73. The number of carbonyl (C=O) groups excluding carboxylic acids is 1. The van der Waals surface area contributed by atoms with Crippen molar-refractivity contribution in [2.75, 3.05) is 13.1 Å². The van der Waals surface area contributed by atoms with Crippen LogP contribution in [0.4, 0.5) is 0 Å². The second-order valence-electron chi connectivity index (χ2n) is 6.73. The van der Waals surface area contributed by atoms with E-state index in [9.17, 15) is 4.79 Å². The van der Waals surface area contributed by atoms with E-state index in [-0.39, 0.29) is 5.92 Å². The lowest BCUT2D eigenvalue weighted by Crippen LogP contribution is -2.45. The Hall–Kier alpha value is -2.31. The van der Waals surface area contributed by atoms with Crippen LogP contribution < -0.4 is 0 Å². The lowest BCUT2D eigenvalue weighted by molar-refractivity contribution is -0.140. The SMILES string of the molecule is O=C(C1CCC1)N1CCCC(Cc2nc(-c3cnccn3)no2)C1. The summed E-state index contributed by atoms with van der Waals surface area (Å²) < 4.78 is 5.36. The van der Waals surface area contributed by atoms with E-state index in [0.717, 1.165) is 38.8 Å². The number of hydrogen-bond donors (Lipinski definition) is 0. The first-order chi connectivity index (χ1) is 11.8. The van der Waals surface area contributed by atoms with Gasteiger partial charge in [0.05, 0.1) is 6.20 Å². The first-order valence-electron chi connectivity index (χ1n) is 8.67. The number of hydrogen-bond acceptors (Lipinski definition) is 6. The maximum absolute atomic E-state index is 12.4. The highest BCUT2D eigenvalue weighted by atomic mass is 16.5. The topological polar surface area (TPSA) is 85.0 Å². The van der Waals surface area contributed by atoms with Gasteiger partial charge < -0.3 is 9.42 Å². The largest absolute Gasteiger partial charge is 0.342 e. The van der Waals surface area contributed by atoms with Crippen molar-refractivity contribution in [3.63, 3.8) is 0 Å². The first-order valence-corrected chi connectivity index (χ1v) is 8.67. The quantitative estimate of drug-likeness (QED) is 0.855. The number of carbonyl (C=O) groups is 1. The summed E-state index contributed by atoms with van der Waals surface area (Å²) in [6, 6.07) is 0. The molecule has 1 atom stereocenters. The van der Waals surface area contributed by atoms with Crippen molar-refractivity contribution < 1.29 is 9.32 Å². The van der Waals surface area contributed by atoms with E-state index in [2.05, 4.69) is 20.1 Å². The van der Waals surface area contributed by atoms with Crippen molar-refractivity contribution in [1.29, 1.82) is 0 Å². The van der Waals surface area contributed by atoms with E-state index in [1.165, 1.54) is 6.42 Å². The summed E-state index contributed by atoms with van der Waals surface area (Å²) in [6.45, 7) is 1.69. The minimum atomic E-state index is 0.274. The number of rotatable bonds is 4. The summed E-state index contributed by atoms with van der Waals surface area (Å²) in [5.74, 6) is 2.08. The van der Waals surface area contributed by atoms with Gasteiger partial charge in [-0.15, -0.1) is 0 Å². The summed E-state index contributed by atoms with van der Waals surface area (Å²) >= 11 is 0. The third-order valence-electron chi connectivity index (χ3n) is 5.01. The van der Waals surface area contributed by atoms with Crippen LogP contribution in [0.2, 0.25) is 0 Å². The molecule has 126 valence electrons. The molecule has 7 heteroatoms. The maximum Gasteiger partial charge on any atom is 0.227 e. The molecule has 4 rings (SSSR count). The molecule has 2 fully saturated rings. The molecule has 7 nitrogen and oxygen atoms in total. The highest BCUT2D eigenvalue weighted by Gasteiger charge is 2.32. The van der Waals surface area contributed by atoms with Crippen LogP contribution in [-0.2, 0) is 11.2 Å². The van der Waals surface area contributed by atoms with Crippen LogP contribution in [0.25, 0.3) is 11.5 Å². The fraction of sp³-hybridized carbons (Fsp3) is 0.588. The minimum Gasteiger partial charge on any atom is -0.342 e. The van der Waals surface area contributed by atoms with Gasteiger partial charge in [-0.25, -0.2) is 4.98 Å². The third-order valence-corrected chi connectivity index (χ3v) is 5.01. The van der Waals surface area contributed by atoms with E-state index in [1.807, 2.05) is 4.90 Å². The average molecular weight is 327 g/mol. The van der Waals surface area contributed by atoms with Crippen molar-refractivity contribution in [3.05, 3.63) is 24.5 Å². The van der Waals surface area contributed by atoms with Gasteiger partial charge in [-0.3, -0.25) is 9.78 Å². The van der Waals surface area contributed by atoms with Crippen molar-refractivity contribution in [1.82, 2.24) is 25.0 Å². The molecular formula is C17H21N5O2. The summed E-state index contributed by atoms with van der Waals surface area (Å²) in [5.41, 5.74) is 0.609. The highest BCUT2D eigenvalue weighted by molar-refractivity contribution is 5.79. The fourth-order valence-corrected chi connectivity index (χ4v) is 3.45. The maximum atomic E-state index is 12.4. The van der Waals surface area contributed by atoms with Crippen LogP contribution in [-0.4, -0.2) is 44.0 Å². The number of aromatic nitrogens is 4. The Balaban J connectivity index is 1.38. The molecule has 1 aliphatic heterocycles. The Labute approximate surface area is 140 Å². The Kier molecular flexibility index (Phi) is 4.23. The number of likely N-dealkylation sites (tertiary alicyclic amines) is 1. The second kappa shape index (κ2) is 6.67. The van der Waals surface area contributed by atoms with Crippen LogP contribution in [0.3, 0.4) is 0 Å². The van der Waals surface area contributed by atoms with E-state index < -0.39 is 0 Å². The number of piperidine rings is 1. The predicted octanol–water partition coefficient (Wildman–Crippen LogP) is 2.11. The molecule has 1 saturated carbocycles. The Bertz CT molecular complexity index is 698. The molecule has 24 heavy (non-hydrogen) atoms. The zero-order valence-electron chi connectivity index (χ0n) is 13.6. The molecular weight excluding hydrogens is 306 g/mol. The molecule has 1 unspecified atom stereocenters. The van der Waals surface area contributed by atoms with Gasteiger partial charge >= 0.3 is 0 Å². The van der Waals surface area contributed by atoms with Gasteiger partial charge in [0.15, 0.2) is 0 Å². The van der Waals surface area contributed by atoms with Crippen LogP contribution in [0, 0.1) is 11.8 Å². The van der Waals surface area contributed by atoms with Crippen molar-refractivity contribution in [3.8, 4) is 11.5 Å². The zero-order valence-corrected chi connectivity index (χ0v) is 13.6. The third kappa shape index (κ3) is 3.16. The monoisotopic (exact) mass is 327 g/mol. The van der Waals surface area contributed by atoms with Crippen LogP contribution in [0.5, 0.6) is 0 Å². The molecule has 1 aliphatic carbocycles. The molecule has 0 N–H and O–H groups in total. The molecule has 0 bridgehead atoms. The van der Waals surface area contributed by atoms with Crippen LogP contribution >= 0.6 is 0 Å². The average Bonchev–Trinajstić information content (AvgIpc) is 3.03. The van der Waals surface area contributed by atoms with Gasteiger partial charge in [0.2, 0.25) is 17.6 Å². The smallest absolute Gasteiger partial charge is 0.227 e. The minimum absolute atomic E-state index is 0.274. The summed E-state index contributed by atoms with van der Waals surface area (Å²) in [6.07, 6.45) is 11.0. The normalized spacial score (nSPS) is 21.5. The standard InChI is InChI=1S/C17H21N5O2/c23-17(13-4-1-5-13)22-8-2-3-12(11-22)9-15-20-16(21-24-15)14-10-18-6-7-19-14/h6-7,10,12-13H,1-5,8-9,11H2. The molecule has 2 aliphatic rings. The van der Waals surface area contributed by atoms with E-state index in [0.29, 0.717) is 35.7 Å². The van der Waals surface area contributed by atoms with E-state index >= 15 is 0 Å². The summed E-state index contributed by atoms with van der Waals surface area (Å²) in [7, 11) is 0. The van der Waals surface area contributed by atoms with Crippen LogP contribution in [0.1, 0.15) is 38.0 Å². The lowest BCUT2D eigenvalue weighted by atomic mass is 9.83. The Morgan fingerprint density at radius 2 is 2.17 bits per heavy atom. The summed E-state index contributed by atoms with van der Waals surface area (Å²) in [5, 5.41) is 3.99. The van der Waals surface area contributed by atoms with Gasteiger partial charge in [-0.05, 0) is 31.6 Å².